The van der Waals surface area contributed by atoms with Crippen LogP contribution in [0, 0.1) is 0 Å². The molecule has 6 nitrogen and oxygen atoms in total. The number of aromatic amines is 1. The van der Waals surface area contributed by atoms with E-state index in [1.807, 2.05) is 6.92 Å². The first-order valence-corrected chi connectivity index (χ1v) is 6.51. The van der Waals surface area contributed by atoms with Crippen LogP contribution in [0.4, 0.5) is 0 Å². The first kappa shape index (κ1) is 11.8. The molecule has 0 saturated heterocycles. The Morgan fingerprint density at radius 1 is 1.47 bits per heavy atom. The largest absolute Gasteiger partial charge is 0.478 e. The third-order valence-corrected chi connectivity index (χ3v) is 3.61. The van der Waals surface area contributed by atoms with Crippen LogP contribution in [0.5, 0.6) is 0 Å². The molecule has 2 heterocycles. The van der Waals surface area contributed by atoms with Gasteiger partial charge in [-0.2, -0.15) is 0 Å². The SMILES string of the molecule is CCc1nnsc1-c1nc2ccc(C(=O)O)cc2[nH]1. The van der Waals surface area contributed by atoms with Gasteiger partial charge >= 0.3 is 5.97 Å². The minimum Gasteiger partial charge on any atom is -0.478 e. The molecule has 3 rings (SSSR count). The van der Waals surface area contributed by atoms with Crippen molar-refractivity contribution in [1.82, 2.24) is 19.6 Å². The Balaban J connectivity index is 2.14. The summed E-state index contributed by atoms with van der Waals surface area (Å²) in [6, 6.07) is 4.81. The van der Waals surface area contributed by atoms with Gasteiger partial charge in [0.25, 0.3) is 0 Å². The van der Waals surface area contributed by atoms with E-state index in [0.29, 0.717) is 11.3 Å². The molecule has 0 atom stereocenters. The van der Waals surface area contributed by atoms with Crippen LogP contribution < -0.4 is 0 Å². The highest BCUT2D eigenvalue weighted by Crippen LogP contribution is 2.26. The molecule has 0 bridgehead atoms. The molecule has 19 heavy (non-hydrogen) atoms. The van der Waals surface area contributed by atoms with Gasteiger partial charge in [0.2, 0.25) is 0 Å². The number of H-pyrrole nitrogens is 1. The van der Waals surface area contributed by atoms with Gasteiger partial charge in [0.05, 0.1) is 22.3 Å². The topological polar surface area (TPSA) is 91.8 Å². The molecule has 0 aliphatic heterocycles. The Hall–Kier alpha value is -2.28. The summed E-state index contributed by atoms with van der Waals surface area (Å²) >= 11 is 1.28. The second-order valence-corrected chi connectivity index (χ2v) is 4.78. The summed E-state index contributed by atoms with van der Waals surface area (Å²) in [5, 5.41) is 13.0. The van der Waals surface area contributed by atoms with Gasteiger partial charge in [-0.15, -0.1) is 5.10 Å². The van der Waals surface area contributed by atoms with E-state index in [2.05, 4.69) is 19.6 Å². The molecule has 2 aromatic heterocycles. The molecule has 7 heteroatoms. The molecule has 96 valence electrons. The molecule has 0 aliphatic rings. The van der Waals surface area contributed by atoms with Crippen LogP contribution >= 0.6 is 11.5 Å². The monoisotopic (exact) mass is 274 g/mol. The molecule has 0 unspecified atom stereocenters. The summed E-state index contributed by atoms with van der Waals surface area (Å²) in [5.41, 5.74) is 2.56. The lowest BCUT2D eigenvalue weighted by atomic mass is 10.2. The van der Waals surface area contributed by atoms with E-state index in [9.17, 15) is 4.79 Å². The van der Waals surface area contributed by atoms with Crippen molar-refractivity contribution < 1.29 is 9.90 Å². The third kappa shape index (κ3) is 1.97. The molecule has 0 radical (unpaired) electrons. The number of nitrogens with zero attached hydrogens (tertiary/aromatic N) is 3. The number of rotatable bonds is 3. The summed E-state index contributed by atoms with van der Waals surface area (Å²) in [6.45, 7) is 2.01. The molecule has 2 N–H and O–H groups in total. The maximum atomic E-state index is 10.9. The van der Waals surface area contributed by atoms with E-state index in [0.717, 1.165) is 22.5 Å². The van der Waals surface area contributed by atoms with Gasteiger partial charge in [0.15, 0.2) is 5.82 Å². The zero-order valence-corrected chi connectivity index (χ0v) is 10.9. The maximum absolute atomic E-state index is 10.9. The van der Waals surface area contributed by atoms with Gasteiger partial charge in [-0.3, -0.25) is 0 Å². The number of fused-ring (bicyclic) bond motifs is 1. The smallest absolute Gasteiger partial charge is 0.335 e. The fraction of sp³-hybridized carbons (Fsp3) is 0.167. The molecule has 3 aromatic rings. The molecule has 0 fully saturated rings. The fourth-order valence-corrected chi connectivity index (χ4v) is 2.56. The molecule has 0 amide bonds. The number of hydrogen-bond donors (Lipinski definition) is 2. The van der Waals surface area contributed by atoms with Gasteiger partial charge in [0, 0.05) is 0 Å². The van der Waals surface area contributed by atoms with E-state index in [4.69, 9.17) is 5.11 Å². The predicted molar refractivity (Wildman–Crippen MR) is 71.3 cm³/mol. The average Bonchev–Trinajstić information content (AvgIpc) is 3.03. The molecule has 0 saturated carbocycles. The van der Waals surface area contributed by atoms with E-state index in [1.165, 1.54) is 11.5 Å². The van der Waals surface area contributed by atoms with Crippen molar-refractivity contribution in [3.05, 3.63) is 29.5 Å². The summed E-state index contributed by atoms with van der Waals surface area (Å²) < 4.78 is 3.92. The Morgan fingerprint density at radius 3 is 3.05 bits per heavy atom. The number of hydrogen-bond acceptors (Lipinski definition) is 5. The average molecular weight is 274 g/mol. The Kier molecular flexibility index (Phi) is 2.75. The molecule has 0 aliphatic carbocycles. The van der Waals surface area contributed by atoms with E-state index in [-0.39, 0.29) is 5.56 Å². The van der Waals surface area contributed by atoms with E-state index >= 15 is 0 Å². The lowest BCUT2D eigenvalue weighted by Gasteiger charge is -1.92. The number of benzene rings is 1. The van der Waals surface area contributed by atoms with Crippen molar-refractivity contribution >= 4 is 28.5 Å². The van der Waals surface area contributed by atoms with Crippen molar-refractivity contribution in [2.24, 2.45) is 0 Å². The molecular formula is C12H10N4O2S. The second-order valence-electron chi connectivity index (χ2n) is 4.02. The molecule has 0 spiro atoms. The quantitative estimate of drug-likeness (QED) is 0.764. The van der Waals surface area contributed by atoms with Crippen LogP contribution in [0.15, 0.2) is 18.2 Å². The third-order valence-electron chi connectivity index (χ3n) is 2.83. The standard InChI is InChI=1S/C12H10N4O2S/c1-2-7-10(19-16-15-7)11-13-8-4-3-6(12(17)18)5-9(8)14-11/h3-5H,2H2,1H3,(H,13,14)(H,17,18). The number of nitrogens with one attached hydrogen (secondary N) is 1. The van der Waals surface area contributed by atoms with Crippen molar-refractivity contribution in [2.75, 3.05) is 0 Å². The normalized spacial score (nSPS) is 11.0. The second kappa shape index (κ2) is 4.43. The maximum Gasteiger partial charge on any atom is 0.335 e. The summed E-state index contributed by atoms with van der Waals surface area (Å²) in [5.74, 6) is -0.267. The first-order valence-electron chi connectivity index (χ1n) is 5.73. The number of carboxylic acid groups (broad SMARTS) is 1. The number of imidazole rings is 1. The first-order chi connectivity index (χ1) is 9.19. The minimum absolute atomic E-state index is 0.237. The van der Waals surface area contributed by atoms with Crippen LogP contribution in [0.2, 0.25) is 0 Å². The van der Waals surface area contributed by atoms with Crippen LogP contribution in [-0.2, 0) is 6.42 Å². The van der Waals surface area contributed by atoms with Crippen molar-refractivity contribution in [2.45, 2.75) is 13.3 Å². The molecular weight excluding hydrogens is 264 g/mol. The van der Waals surface area contributed by atoms with Gasteiger partial charge in [0.1, 0.15) is 4.88 Å². The van der Waals surface area contributed by atoms with Crippen molar-refractivity contribution in [3.8, 4) is 10.7 Å². The Morgan fingerprint density at radius 2 is 2.32 bits per heavy atom. The fourth-order valence-electron chi connectivity index (χ4n) is 1.87. The van der Waals surface area contributed by atoms with Gasteiger partial charge < -0.3 is 10.1 Å². The summed E-state index contributed by atoms with van der Waals surface area (Å²) in [6.07, 6.45) is 0.781. The van der Waals surface area contributed by atoms with Crippen LogP contribution in [0.1, 0.15) is 23.0 Å². The van der Waals surface area contributed by atoms with Gasteiger partial charge in [-0.05, 0) is 36.2 Å². The highest BCUT2D eigenvalue weighted by molar-refractivity contribution is 7.09. The van der Waals surface area contributed by atoms with Crippen molar-refractivity contribution in [1.29, 1.82) is 0 Å². The van der Waals surface area contributed by atoms with Crippen LogP contribution in [0.3, 0.4) is 0 Å². The van der Waals surface area contributed by atoms with Crippen molar-refractivity contribution in [3.63, 3.8) is 0 Å². The van der Waals surface area contributed by atoms with Crippen LogP contribution in [-0.4, -0.2) is 30.6 Å². The van der Waals surface area contributed by atoms with Crippen LogP contribution in [0.25, 0.3) is 21.7 Å². The summed E-state index contributed by atoms with van der Waals surface area (Å²) in [7, 11) is 0. The number of carboxylic acids is 1. The zero-order valence-electron chi connectivity index (χ0n) is 10.0. The van der Waals surface area contributed by atoms with Gasteiger partial charge in [-0.1, -0.05) is 11.4 Å². The highest BCUT2D eigenvalue weighted by atomic mass is 32.1. The lowest BCUT2D eigenvalue weighted by molar-refractivity contribution is 0.0697. The lowest BCUT2D eigenvalue weighted by Crippen LogP contribution is -1.94. The Labute approximate surface area is 112 Å². The Bertz CT molecular complexity index is 762. The van der Waals surface area contributed by atoms with Gasteiger partial charge in [-0.25, -0.2) is 9.78 Å². The highest BCUT2D eigenvalue weighted by Gasteiger charge is 2.14. The number of aryl methyl sites for hydroxylation is 1. The number of aromatic carboxylic acids is 1. The van der Waals surface area contributed by atoms with E-state index in [1.54, 1.807) is 18.2 Å². The number of carbonyl (C=O) groups is 1. The van der Waals surface area contributed by atoms with E-state index < -0.39 is 5.97 Å². The zero-order chi connectivity index (χ0) is 13.4. The minimum atomic E-state index is -0.952. The number of aromatic nitrogens is 4. The predicted octanol–water partition coefficient (Wildman–Crippen LogP) is 2.34. The molecule has 1 aromatic carbocycles. The summed E-state index contributed by atoms with van der Waals surface area (Å²) in [4.78, 5) is 19.4.